The number of anilines is 1. The van der Waals surface area contributed by atoms with Crippen molar-refractivity contribution >= 4 is 28.7 Å². The lowest BCUT2D eigenvalue weighted by Crippen LogP contribution is -2.47. The number of thioether (sulfide) groups is 1. The second-order valence-electron chi connectivity index (χ2n) is 6.14. The van der Waals surface area contributed by atoms with Crippen LogP contribution >= 0.6 is 11.8 Å². The van der Waals surface area contributed by atoms with Crippen molar-refractivity contribution in [1.82, 2.24) is 5.32 Å². The average molecular weight is 353 g/mol. The number of methoxy groups -OCH3 is 1. The number of hydrogen-bond donors (Lipinski definition) is 3. The first kappa shape index (κ1) is 17.0. The summed E-state index contributed by atoms with van der Waals surface area (Å²) in [5, 5.41) is 11.6. The quantitative estimate of drug-likeness (QED) is 0.711. The number of nitrogens with two attached hydrogens (primary N) is 1. The van der Waals surface area contributed by atoms with Gasteiger partial charge in [-0.1, -0.05) is 11.8 Å². The molecule has 0 spiro atoms. The van der Waals surface area contributed by atoms with Gasteiger partial charge in [-0.25, -0.2) is 9.18 Å². The number of aliphatic imine (C=N–C) groups is 1. The Bertz CT molecular complexity index is 685. The fraction of sp³-hybridized carbons (Fsp3) is 0.500. The molecule has 3 atom stereocenters. The normalized spacial score (nSPS) is 29.5. The molecule has 2 aliphatic rings. The van der Waals surface area contributed by atoms with E-state index in [2.05, 4.69) is 10.3 Å². The van der Waals surface area contributed by atoms with Crippen molar-refractivity contribution in [2.24, 2.45) is 10.9 Å². The minimum absolute atomic E-state index is 0.0526. The van der Waals surface area contributed by atoms with E-state index in [0.29, 0.717) is 29.4 Å². The molecule has 1 aromatic carbocycles. The molecule has 6 nitrogen and oxygen atoms in total. The van der Waals surface area contributed by atoms with E-state index in [1.807, 2.05) is 0 Å². The summed E-state index contributed by atoms with van der Waals surface area (Å²) in [6, 6.07) is 4.56. The molecule has 1 fully saturated rings. The Morgan fingerprint density at radius 2 is 2.38 bits per heavy atom. The van der Waals surface area contributed by atoms with Crippen LogP contribution in [-0.4, -0.2) is 36.1 Å². The molecular weight excluding hydrogens is 333 g/mol. The SMILES string of the molecule is CO[C@H]1CC[C@]2(c3cc(N)ccc3F)SC(NC(=O)O)=NC[C@H]2C1. The van der Waals surface area contributed by atoms with Gasteiger partial charge in [-0.2, -0.15) is 0 Å². The van der Waals surface area contributed by atoms with Crippen molar-refractivity contribution in [2.75, 3.05) is 19.4 Å². The van der Waals surface area contributed by atoms with Crippen molar-refractivity contribution < 1.29 is 19.0 Å². The highest BCUT2D eigenvalue weighted by Crippen LogP contribution is 2.55. The second-order valence-corrected chi connectivity index (χ2v) is 7.46. The van der Waals surface area contributed by atoms with Crippen LogP contribution in [0.15, 0.2) is 23.2 Å². The number of benzene rings is 1. The topological polar surface area (TPSA) is 96.9 Å². The zero-order valence-corrected chi connectivity index (χ0v) is 14.1. The molecule has 0 radical (unpaired) electrons. The molecule has 130 valence electrons. The number of carboxylic acid groups (broad SMARTS) is 1. The van der Waals surface area contributed by atoms with Crippen LogP contribution in [0.3, 0.4) is 0 Å². The Morgan fingerprint density at radius 1 is 1.58 bits per heavy atom. The summed E-state index contributed by atoms with van der Waals surface area (Å²) in [6.07, 6.45) is 1.13. The molecule has 0 saturated heterocycles. The van der Waals surface area contributed by atoms with Gasteiger partial charge in [0.15, 0.2) is 5.17 Å². The molecule has 0 unspecified atom stereocenters. The summed E-state index contributed by atoms with van der Waals surface area (Å²) >= 11 is 1.29. The summed E-state index contributed by atoms with van der Waals surface area (Å²) < 4.78 is 19.5. The van der Waals surface area contributed by atoms with E-state index < -0.39 is 10.8 Å². The number of carbonyl (C=O) groups is 1. The molecular formula is C16H20FN3O3S. The lowest BCUT2D eigenvalue weighted by atomic mass is 9.73. The van der Waals surface area contributed by atoms with Crippen LogP contribution in [0, 0.1) is 11.7 Å². The summed E-state index contributed by atoms with van der Waals surface area (Å²) in [5.41, 5.74) is 6.89. The average Bonchev–Trinajstić information content (AvgIpc) is 2.55. The van der Waals surface area contributed by atoms with E-state index in [-0.39, 0.29) is 17.8 Å². The van der Waals surface area contributed by atoms with Gasteiger partial charge >= 0.3 is 6.09 Å². The van der Waals surface area contributed by atoms with E-state index in [1.165, 1.54) is 23.9 Å². The van der Waals surface area contributed by atoms with Gasteiger partial charge in [0.2, 0.25) is 0 Å². The molecule has 4 N–H and O–H groups in total. The molecule has 1 aliphatic carbocycles. The molecule has 1 amide bonds. The molecule has 24 heavy (non-hydrogen) atoms. The lowest BCUT2D eigenvalue weighted by molar-refractivity contribution is 0.0377. The van der Waals surface area contributed by atoms with E-state index in [4.69, 9.17) is 15.6 Å². The van der Waals surface area contributed by atoms with Gasteiger partial charge in [-0.3, -0.25) is 10.3 Å². The van der Waals surface area contributed by atoms with Crippen LogP contribution in [0.2, 0.25) is 0 Å². The maximum atomic E-state index is 14.6. The Hall–Kier alpha value is -1.80. The number of nitrogens with one attached hydrogen (secondary N) is 1. The smallest absolute Gasteiger partial charge is 0.410 e. The number of rotatable bonds is 2. The van der Waals surface area contributed by atoms with Crippen molar-refractivity contribution in [1.29, 1.82) is 0 Å². The van der Waals surface area contributed by atoms with Crippen molar-refractivity contribution in [3.05, 3.63) is 29.6 Å². The van der Waals surface area contributed by atoms with Gasteiger partial charge in [0.25, 0.3) is 0 Å². The van der Waals surface area contributed by atoms with Crippen molar-refractivity contribution in [2.45, 2.75) is 30.1 Å². The fourth-order valence-electron chi connectivity index (χ4n) is 3.61. The first-order chi connectivity index (χ1) is 11.4. The Labute approximate surface area is 143 Å². The Morgan fingerprint density at radius 3 is 3.08 bits per heavy atom. The monoisotopic (exact) mass is 353 g/mol. The van der Waals surface area contributed by atoms with Gasteiger partial charge in [0.05, 0.1) is 10.9 Å². The van der Waals surface area contributed by atoms with Gasteiger partial charge in [-0.05, 0) is 37.5 Å². The Kier molecular flexibility index (Phi) is 4.69. The minimum Gasteiger partial charge on any atom is -0.465 e. The van der Waals surface area contributed by atoms with Crippen LogP contribution in [0.25, 0.3) is 0 Å². The van der Waals surface area contributed by atoms with E-state index >= 15 is 0 Å². The number of ether oxygens (including phenoxy) is 1. The standard InChI is InChI=1S/C16H20FN3O3S/c1-23-11-4-5-16(12-7-10(18)2-3-13(12)17)9(6-11)8-19-14(24-16)20-15(21)22/h2-3,7,9,11H,4-6,8,18H2,1H3,(H,19,20)(H,21,22)/t9-,11+,16+/m1/s1. The predicted molar refractivity (Wildman–Crippen MR) is 91.7 cm³/mol. The van der Waals surface area contributed by atoms with Crippen molar-refractivity contribution in [3.8, 4) is 0 Å². The molecule has 1 aromatic rings. The Balaban J connectivity index is 2.03. The highest BCUT2D eigenvalue weighted by atomic mass is 32.2. The summed E-state index contributed by atoms with van der Waals surface area (Å²) in [4.78, 5) is 15.3. The van der Waals surface area contributed by atoms with Crippen LogP contribution < -0.4 is 11.1 Å². The van der Waals surface area contributed by atoms with E-state index in [0.717, 1.165) is 12.8 Å². The first-order valence-electron chi connectivity index (χ1n) is 7.76. The molecule has 0 bridgehead atoms. The van der Waals surface area contributed by atoms with Crippen LogP contribution in [0.4, 0.5) is 14.9 Å². The number of fused-ring (bicyclic) bond motifs is 1. The summed E-state index contributed by atoms with van der Waals surface area (Å²) in [7, 11) is 1.68. The molecule has 3 rings (SSSR count). The van der Waals surface area contributed by atoms with Gasteiger partial charge in [0.1, 0.15) is 5.82 Å². The molecule has 8 heteroatoms. The maximum Gasteiger partial charge on any atom is 0.410 e. The van der Waals surface area contributed by atoms with E-state index in [1.54, 1.807) is 13.2 Å². The molecule has 1 saturated carbocycles. The van der Waals surface area contributed by atoms with Gasteiger partial charge in [0, 0.05) is 30.8 Å². The maximum absolute atomic E-state index is 14.6. The number of halogens is 1. The lowest BCUT2D eigenvalue weighted by Gasteiger charge is -2.47. The predicted octanol–water partition coefficient (Wildman–Crippen LogP) is 2.79. The number of nitrogen functional groups attached to an aromatic ring is 1. The first-order valence-corrected chi connectivity index (χ1v) is 8.58. The zero-order chi connectivity index (χ0) is 17.3. The van der Waals surface area contributed by atoms with E-state index in [9.17, 15) is 9.18 Å². The third kappa shape index (κ3) is 3.08. The highest BCUT2D eigenvalue weighted by Gasteiger charge is 2.50. The summed E-state index contributed by atoms with van der Waals surface area (Å²) in [5.74, 6) is -0.272. The number of hydrogen-bond acceptors (Lipinski definition) is 5. The van der Waals surface area contributed by atoms with Gasteiger partial charge in [-0.15, -0.1) is 0 Å². The molecule has 1 aliphatic heterocycles. The number of amidine groups is 1. The second kappa shape index (κ2) is 6.60. The highest BCUT2D eigenvalue weighted by molar-refractivity contribution is 8.14. The number of amides is 1. The molecule has 1 heterocycles. The third-order valence-electron chi connectivity index (χ3n) is 4.77. The largest absolute Gasteiger partial charge is 0.465 e. The van der Waals surface area contributed by atoms with Crippen LogP contribution in [-0.2, 0) is 9.48 Å². The number of nitrogens with zero attached hydrogens (tertiary/aromatic N) is 1. The fourth-order valence-corrected chi connectivity index (χ4v) is 5.05. The van der Waals surface area contributed by atoms with Crippen molar-refractivity contribution in [3.63, 3.8) is 0 Å². The van der Waals surface area contributed by atoms with Gasteiger partial charge < -0.3 is 15.6 Å². The van der Waals surface area contributed by atoms with Crippen LogP contribution in [0.5, 0.6) is 0 Å². The zero-order valence-electron chi connectivity index (χ0n) is 13.3. The molecule has 0 aromatic heterocycles. The third-order valence-corrected chi connectivity index (χ3v) is 6.32. The summed E-state index contributed by atoms with van der Waals surface area (Å²) in [6.45, 7) is 0.427. The van der Waals surface area contributed by atoms with Crippen LogP contribution in [0.1, 0.15) is 24.8 Å². The minimum atomic E-state index is -1.17.